The second-order valence-electron chi connectivity index (χ2n) is 7.78. The number of hydrogen-bond acceptors (Lipinski definition) is 7. The summed E-state index contributed by atoms with van der Waals surface area (Å²) in [6.45, 7) is 3.32. The van der Waals surface area contributed by atoms with Crippen LogP contribution in [0.2, 0.25) is 0 Å². The topological polar surface area (TPSA) is 108 Å². The predicted octanol–water partition coefficient (Wildman–Crippen LogP) is 1.89. The zero-order chi connectivity index (χ0) is 22.5. The van der Waals surface area contributed by atoms with Gasteiger partial charge in [0.05, 0.1) is 15.2 Å². The molecule has 1 saturated heterocycles. The SMILES string of the molecule is C[C@@](CCc1nc2ccc(C#CC#CC3CCNCC3)cc2s1)(C(=O)NO)S(C)(=O)=O. The van der Waals surface area contributed by atoms with Crippen molar-refractivity contribution in [1.29, 1.82) is 0 Å². The quantitative estimate of drug-likeness (QED) is 0.358. The van der Waals surface area contributed by atoms with Crippen LogP contribution in [-0.4, -0.2) is 48.6 Å². The van der Waals surface area contributed by atoms with Gasteiger partial charge in [-0.1, -0.05) is 11.8 Å². The largest absolute Gasteiger partial charge is 0.317 e. The lowest BCUT2D eigenvalue weighted by Crippen LogP contribution is -2.49. The average Bonchev–Trinajstić information content (AvgIpc) is 3.16. The number of carbonyl (C=O) groups excluding carboxylic acids is 1. The van der Waals surface area contributed by atoms with Crippen molar-refractivity contribution in [3.05, 3.63) is 28.8 Å². The molecule has 1 aromatic carbocycles. The van der Waals surface area contributed by atoms with Gasteiger partial charge >= 0.3 is 0 Å². The molecule has 0 saturated carbocycles. The van der Waals surface area contributed by atoms with Gasteiger partial charge < -0.3 is 5.32 Å². The summed E-state index contributed by atoms with van der Waals surface area (Å²) in [4.78, 5) is 16.5. The summed E-state index contributed by atoms with van der Waals surface area (Å²) in [5.41, 5.74) is 3.09. The van der Waals surface area contributed by atoms with E-state index in [-0.39, 0.29) is 6.42 Å². The Morgan fingerprint density at radius 2 is 2.10 bits per heavy atom. The number of aryl methyl sites for hydroxylation is 1. The Hall–Kier alpha value is -2.43. The number of aromatic nitrogens is 1. The summed E-state index contributed by atoms with van der Waals surface area (Å²) in [5, 5.41) is 13.0. The van der Waals surface area contributed by atoms with Crippen LogP contribution in [0.3, 0.4) is 0 Å². The van der Waals surface area contributed by atoms with Crippen molar-refractivity contribution in [3.8, 4) is 23.7 Å². The zero-order valence-electron chi connectivity index (χ0n) is 17.5. The number of amides is 1. The first kappa shape index (κ1) is 23.2. The first-order valence-electron chi connectivity index (χ1n) is 9.99. The van der Waals surface area contributed by atoms with Crippen molar-refractivity contribution in [2.24, 2.45) is 5.92 Å². The van der Waals surface area contributed by atoms with Crippen molar-refractivity contribution in [2.45, 2.75) is 37.4 Å². The maximum Gasteiger partial charge on any atom is 0.264 e. The number of nitrogens with one attached hydrogen (secondary N) is 2. The van der Waals surface area contributed by atoms with Crippen molar-refractivity contribution in [2.75, 3.05) is 19.3 Å². The number of benzene rings is 1. The Kier molecular flexibility index (Phi) is 7.34. The van der Waals surface area contributed by atoms with Crippen LogP contribution >= 0.6 is 11.3 Å². The molecule has 0 aliphatic carbocycles. The molecule has 1 aliphatic rings. The van der Waals surface area contributed by atoms with Gasteiger partial charge in [-0.15, -0.1) is 11.3 Å². The number of rotatable bonds is 5. The average molecular weight is 460 g/mol. The highest BCUT2D eigenvalue weighted by molar-refractivity contribution is 7.92. The fraction of sp³-hybridized carbons (Fsp3) is 0.455. The number of sulfone groups is 1. The maximum absolute atomic E-state index is 12.1. The zero-order valence-corrected chi connectivity index (χ0v) is 19.1. The molecule has 1 aliphatic heterocycles. The van der Waals surface area contributed by atoms with Crippen LogP contribution in [-0.2, 0) is 21.1 Å². The van der Waals surface area contributed by atoms with E-state index in [1.807, 2.05) is 18.2 Å². The second-order valence-corrected chi connectivity index (χ2v) is 11.3. The minimum atomic E-state index is -3.73. The van der Waals surface area contributed by atoms with Crippen LogP contribution < -0.4 is 10.8 Å². The second kappa shape index (κ2) is 9.80. The lowest BCUT2D eigenvalue weighted by molar-refractivity contribution is -0.131. The smallest absolute Gasteiger partial charge is 0.264 e. The summed E-state index contributed by atoms with van der Waals surface area (Å²) in [6.07, 6.45) is 3.40. The molecule has 1 amide bonds. The molecule has 1 atom stereocenters. The maximum atomic E-state index is 12.1. The number of nitrogens with zero attached hydrogens (tertiary/aromatic N) is 1. The Morgan fingerprint density at radius 1 is 1.35 bits per heavy atom. The van der Waals surface area contributed by atoms with Crippen molar-refractivity contribution in [1.82, 2.24) is 15.8 Å². The van der Waals surface area contributed by atoms with Gasteiger partial charge in [-0.25, -0.2) is 18.9 Å². The molecule has 3 N–H and O–H groups in total. The van der Waals surface area contributed by atoms with Crippen LogP contribution in [0, 0.1) is 29.6 Å². The van der Waals surface area contributed by atoms with Gasteiger partial charge in [0.1, 0.15) is 4.75 Å². The highest BCUT2D eigenvalue weighted by atomic mass is 32.2. The standard InChI is InChI=1S/C22H25N3O4S2/c1-22(21(26)25-27,31(2,28)29)12-9-20-24-18-8-7-17(15-19(18)30-20)6-4-3-5-16-10-13-23-14-11-16/h7-8,15-16,23,27H,9-14H2,1-2H3,(H,25,26)/t22-/m1/s1. The molecule has 31 heavy (non-hydrogen) atoms. The van der Waals surface area contributed by atoms with Crippen LogP contribution in [0.15, 0.2) is 18.2 Å². The summed E-state index contributed by atoms with van der Waals surface area (Å²) in [7, 11) is -3.73. The predicted molar refractivity (Wildman–Crippen MR) is 121 cm³/mol. The van der Waals surface area contributed by atoms with Crippen molar-refractivity contribution < 1.29 is 18.4 Å². The summed E-state index contributed by atoms with van der Waals surface area (Å²) < 4.78 is 23.4. The highest BCUT2D eigenvalue weighted by Gasteiger charge is 2.43. The van der Waals surface area contributed by atoms with Gasteiger partial charge in [0.25, 0.3) is 5.91 Å². The molecule has 9 heteroatoms. The van der Waals surface area contributed by atoms with E-state index in [2.05, 4.69) is 34.0 Å². The van der Waals surface area contributed by atoms with Gasteiger partial charge in [-0.05, 0) is 69.3 Å². The highest BCUT2D eigenvalue weighted by Crippen LogP contribution is 2.28. The van der Waals surface area contributed by atoms with Gasteiger partial charge in [0.15, 0.2) is 9.84 Å². The third-order valence-electron chi connectivity index (χ3n) is 5.53. The fourth-order valence-electron chi connectivity index (χ4n) is 3.30. The van der Waals surface area contributed by atoms with Crippen LogP contribution in [0.4, 0.5) is 0 Å². The molecule has 0 radical (unpaired) electrons. The van der Waals surface area contributed by atoms with E-state index in [1.165, 1.54) is 23.7 Å². The normalized spacial score (nSPS) is 16.5. The number of hydroxylamine groups is 1. The van der Waals surface area contributed by atoms with Crippen LogP contribution in [0.25, 0.3) is 10.2 Å². The van der Waals surface area contributed by atoms with Crippen molar-refractivity contribution >= 4 is 37.3 Å². The van der Waals surface area contributed by atoms with Gasteiger partial charge in [0, 0.05) is 24.2 Å². The third kappa shape index (κ3) is 5.63. The molecule has 3 rings (SSSR count). The molecule has 1 aromatic heterocycles. The number of thiazole rings is 1. The van der Waals surface area contributed by atoms with E-state index < -0.39 is 20.5 Å². The molecule has 0 unspecified atom stereocenters. The molecule has 0 bridgehead atoms. The van der Waals surface area contributed by atoms with E-state index in [0.29, 0.717) is 17.3 Å². The summed E-state index contributed by atoms with van der Waals surface area (Å²) >= 11 is 1.43. The molecule has 2 aromatic rings. The molecular weight excluding hydrogens is 434 g/mol. The van der Waals surface area contributed by atoms with Crippen molar-refractivity contribution in [3.63, 3.8) is 0 Å². The third-order valence-corrected chi connectivity index (χ3v) is 8.64. The molecule has 1 fully saturated rings. The number of piperidine rings is 1. The Balaban J connectivity index is 1.72. The lowest BCUT2D eigenvalue weighted by atomic mass is 9.99. The molecule has 2 heterocycles. The van der Waals surface area contributed by atoms with E-state index >= 15 is 0 Å². The minimum Gasteiger partial charge on any atom is -0.317 e. The van der Waals surface area contributed by atoms with Gasteiger partial charge in [-0.2, -0.15) is 0 Å². The fourth-order valence-corrected chi connectivity index (χ4v) is 5.16. The van der Waals surface area contributed by atoms with E-state index in [4.69, 9.17) is 5.21 Å². The molecule has 164 valence electrons. The van der Waals surface area contributed by atoms with E-state index in [9.17, 15) is 13.2 Å². The van der Waals surface area contributed by atoms with E-state index in [0.717, 1.165) is 48.0 Å². The first-order valence-corrected chi connectivity index (χ1v) is 12.7. The lowest BCUT2D eigenvalue weighted by Gasteiger charge is -2.24. The Bertz CT molecular complexity index is 1190. The summed E-state index contributed by atoms with van der Waals surface area (Å²) in [5.74, 6) is 11.6. The molecule has 0 spiro atoms. The van der Waals surface area contributed by atoms with Crippen LogP contribution in [0.1, 0.15) is 36.8 Å². The Morgan fingerprint density at radius 3 is 2.77 bits per heavy atom. The van der Waals surface area contributed by atoms with Gasteiger partial charge in [-0.3, -0.25) is 10.0 Å². The Labute approximate surface area is 186 Å². The molecular formula is C22H25N3O4S2. The van der Waals surface area contributed by atoms with E-state index in [1.54, 1.807) is 0 Å². The monoisotopic (exact) mass is 459 g/mol. The van der Waals surface area contributed by atoms with Crippen LogP contribution in [0.5, 0.6) is 0 Å². The minimum absolute atomic E-state index is 0.0109. The summed E-state index contributed by atoms with van der Waals surface area (Å²) in [6, 6.07) is 5.69. The number of fused-ring (bicyclic) bond motifs is 1. The number of hydrogen-bond donors (Lipinski definition) is 3. The number of carbonyl (C=O) groups is 1. The van der Waals surface area contributed by atoms with Gasteiger partial charge in [0.2, 0.25) is 0 Å². The molecule has 7 nitrogen and oxygen atoms in total. The first-order chi connectivity index (χ1) is 14.7.